The molecule has 0 saturated heterocycles. The zero-order valence-electron chi connectivity index (χ0n) is 11.6. The number of methoxy groups -OCH3 is 1. The molecule has 0 unspecified atom stereocenters. The highest BCUT2D eigenvalue weighted by Crippen LogP contribution is 2.18. The van der Waals surface area contributed by atoms with Gasteiger partial charge in [-0.05, 0) is 36.1 Å². The summed E-state index contributed by atoms with van der Waals surface area (Å²) in [5.74, 6) is -0.565. The Morgan fingerprint density at radius 1 is 1.33 bits per heavy atom. The van der Waals surface area contributed by atoms with Gasteiger partial charge in [-0.2, -0.15) is 0 Å². The molecule has 0 atom stereocenters. The molecule has 2 rings (SSSR count). The summed E-state index contributed by atoms with van der Waals surface area (Å²) in [4.78, 5) is 12.5. The Balaban J connectivity index is 2.28. The number of nitrogens with one attached hydrogen (secondary N) is 1. The van der Waals surface area contributed by atoms with E-state index < -0.39 is 16.0 Å². The molecule has 5 nitrogen and oxygen atoms in total. The van der Waals surface area contributed by atoms with Crippen molar-refractivity contribution in [1.82, 2.24) is 4.72 Å². The number of carbonyl (C=O) groups excluding carboxylic acids is 1. The van der Waals surface area contributed by atoms with Gasteiger partial charge in [0, 0.05) is 11.4 Å². The average Bonchev–Trinajstić information content (AvgIpc) is 2.98. The van der Waals surface area contributed by atoms with E-state index in [1.54, 1.807) is 19.1 Å². The number of carbonyl (C=O) groups is 1. The number of sulfonamides is 1. The van der Waals surface area contributed by atoms with Crippen molar-refractivity contribution >= 4 is 27.3 Å². The number of aryl methyl sites for hydroxylation is 1. The first-order chi connectivity index (χ1) is 9.94. The first-order valence-corrected chi connectivity index (χ1v) is 8.51. The van der Waals surface area contributed by atoms with Crippen LogP contribution in [-0.2, 0) is 21.3 Å². The predicted octanol–water partition coefficient (Wildman–Crippen LogP) is 2.32. The van der Waals surface area contributed by atoms with Crippen LogP contribution in [0.5, 0.6) is 0 Å². The van der Waals surface area contributed by atoms with Gasteiger partial charge < -0.3 is 4.74 Å². The molecule has 2 aromatic rings. The van der Waals surface area contributed by atoms with Crippen molar-refractivity contribution in [1.29, 1.82) is 0 Å². The molecule has 0 aliphatic rings. The van der Waals surface area contributed by atoms with Gasteiger partial charge >= 0.3 is 5.97 Å². The highest BCUT2D eigenvalue weighted by atomic mass is 32.2. The molecule has 0 radical (unpaired) electrons. The number of ether oxygens (including phenoxy) is 1. The Labute approximate surface area is 127 Å². The maximum absolute atomic E-state index is 12.4. The number of benzene rings is 1. The number of esters is 1. The zero-order chi connectivity index (χ0) is 15.5. The third-order valence-corrected chi connectivity index (χ3v) is 5.33. The average molecular weight is 325 g/mol. The van der Waals surface area contributed by atoms with E-state index in [4.69, 9.17) is 0 Å². The molecule has 1 N–H and O–H groups in total. The smallest absolute Gasteiger partial charge is 0.337 e. The number of thiophene rings is 1. The van der Waals surface area contributed by atoms with Crippen molar-refractivity contribution in [3.05, 3.63) is 51.7 Å². The van der Waals surface area contributed by atoms with Crippen molar-refractivity contribution < 1.29 is 17.9 Å². The van der Waals surface area contributed by atoms with Gasteiger partial charge in [-0.1, -0.05) is 12.1 Å². The molecule has 1 aromatic carbocycles. The second kappa shape index (κ2) is 6.38. The molecular formula is C14H15NO4S2. The first-order valence-electron chi connectivity index (χ1n) is 6.15. The fourth-order valence-corrected chi connectivity index (χ4v) is 3.80. The molecule has 7 heteroatoms. The monoisotopic (exact) mass is 325 g/mol. The molecule has 0 fully saturated rings. The van der Waals surface area contributed by atoms with Crippen molar-refractivity contribution in [2.45, 2.75) is 18.4 Å². The Morgan fingerprint density at radius 2 is 2.10 bits per heavy atom. The van der Waals surface area contributed by atoms with E-state index in [-0.39, 0.29) is 17.0 Å². The topological polar surface area (TPSA) is 72.5 Å². The van der Waals surface area contributed by atoms with Gasteiger partial charge in [0.15, 0.2) is 0 Å². The standard InChI is InChI=1S/C14H15NO4S2/c1-10-5-6-11(14(16)19-2)8-13(10)21(17,18)15-9-12-4-3-7-20-12/h3-8,15H,9H2,1-2H3. The van der Waals surface area contributed by atoms with E-state index >= 15 is 0 Å². The third kappa shape index (κ3) is 3.69. The number of rotatable bonds is 5. The molecule has 21 heavy (non-hydrogen) atoms. The van der Waals surface area contributed by atoms with Crippen molar-refractivity contribution in [2.24, 2.45) is 0 Å². The van der Waals surface area contributed by atoms with Crippen LogP contribution in [0.25, 0.3) is 0 Å². The Morgan fingerprint density at radius 3 is 2.71 bits per heavy atom. The molecule has 0 saturated carbocycles. The van der Waals surface area contributed by atoms with Crippen LogP contribution in [0.2, 0.25) is 0 Å². The van der Waals surface area contributed by atoms with Gasteiger partial charge in [0.05, 0.1) is 17.6 Å². The van der Waals surface area contributed by atoms with Crippen LogP contribution in [0.1, 0.15) is 20.8 Å². The van der Waals surface area contributed by atoms with Crippen LogP contribution in [-0.4, -0.2) is 21.5 Å². The lowest BCUT2D eigenvalue weighted by Gasteiger charge is -2.10. The van der Waals surface area contributed by atoms with Crippen molar-refractivity contribution in [2.75, 3.05) is 7.11 Å². The maximum Gasteiger partial charge on any atom is 0.337 e. The van der Waals surface area contributed by atoms with E-state index in [1.807, 2.05) is 17.5 Å². The van der Waals surface area contributed by atoms with E-state index in [0.717, 1.165) is 4.88 Å². The lowest BCUT2D eigenvalue weighted by atomic mass is 10.1. The van der Waals surface area contributed by atoms with E-state index in [1.165, 1.54) is 24.5 Å². The van der Waals surface area contributed by atoms with Crippen LogP contribution in [0.3, 0.4) is 0 Å². The summed E-state index contributed by atoms with van der Waals surface area (Å²) in [6, 6.07) is 8.17. The molecule has 1 heterocycles. The lowest BCUT2D eigenvalue weighted by molar-refractivity contribution is 0.0600. The van der Waals surface area contributed by atoms with Gasteiger partial charge in [0.2, 0.25) is 10.0 Å². The van der Waals surface area contributed by atoms with Gasteiger partial charge in [-0.25, -0.2) is 17.9 Å². The SMILES string of the molecule is COC(=O)c1ccc(C)c(S(=O)(=O)NCc2cccs2)c1. The van der Waals surface area contributed by atoms with Gasteiger partial charge in [-0.3, -0.25) is 0 Å². The molecule has 0 spiro atoms. The molecule has 112 valence electrons. The Hall–Kier alpha value is -1.70. The predicted molar refractivity (Wildman–Crippen MR) is 80.9 cm³/mol. The van der Waals surface area contributed by atoms with Crippen LogP contribution >= 0.6 is 11.3 Å². The minimum atomic E-state index is -3.68. The number of hydrogen-bond acceptors (Lipinski definition) is 5. The van der Waals surface area contributed by atoms with Gasteiger partial charge in [0.1, 0.15) is 0 Å². The van der Waals surface area contributed by atoms with Gasteiger partial charge in [0.25, 0.3) is 0 Å². The first kappa shape index (κ1) is 15.7. The summed E-state index contributed by atoms with van der Waals surface area (Å²) < 4.78 is 31.8. The Kier molecular flexibility index (Phi) is 4.76. The largest absolute Gasteiger partial charge is 0.465 e. The summed E-state index contributed by atoms with van der Waals surface area (Å²) in [7, 11) is -2.43. The highest BCUT2D eigenvalue weighted by molar-refractivity contribution is 7.89. The van der Waals surface area contributed by atoms with Gasteiger partial charge in [-0.15, -0.1) is 11.3 Å². The summed E-state index contributed by atoms with van der Waals surface area (Å²) >= 11 is 1.47. The second-order valence-corrected chi connectivity index (χ2v) is 7.14. The molecule has 0 aliphatic heterocycles. The van der Waals surface area contributed by atoms with E-state index in [9.17, 15) is 13.2 Å². The van der Waals surface area contributed by atoms with Crippen LogP contribution in [0.15, 0.2) is 40.6 Å². The van der Waals surface area contributed by atoms with Crippen LogP contribution < -0.4 is 4.72 Å². The minimum Gasteiger partial charge on any atom is -0.465 e. The summed E-state index contributed by atoms with van der Waals surface area (Å²) in [5.41, 5.74) is 0.779. The van der Waals surface area contributed by atoms with Crippen molar-refractivity contribution in [3.8, 4) is 0 Å². The van der Waals surface area contributed by atoms with Crippen LogP contribution in [0.4, 0.5) is 0 Å². The molecule has 0 aliphatic carbocycles. The van der Waals surface area contributed by atoms with E-state index in [2.05, 4.69) is 9.46 Å². The molecule has 0 amide bonds. The second-order valence-electron chi connectivity index (χ2n) is 4.38. The summed E-state index contributed by atoms with van der Waals surface area (Å²) in [5, 5.41) is 1.88. The number of hydrogen-bond donors (Lipinski definition) is 1. The zero-order valence-corrected chi connectivity index (χ0v) is 13.3. The summed E-state index contributed by atoms with van der Waals surface area (Å²) in [6.45, 7) is 1.91. The summed E-state index contributed by atoms with van der Waals surface area (Å²) in [6.07, 6.45) is 0. The molecule has 0 bridgehead atoms. The van der Waals surface area contributed by atoms with E-state index in [0.29, 0.717) is 5.56 Å². The lowest BCUT2D eigenvalue weighted by Crippen LogP contribution is -2.24. The fourth-order valence-electron chi connectivity index (χ4n) is 1.79. The fraction of sp³-hybridized carbons (Fsp3) is 0.214. The minimum absolute atomic E-state index is 0.0851. The Bertz CT molecular complexity index is 736. The van der Waals surface area contributed by atoms with Crippen LogP contribution in [0, 0.1) is 6.92 Å². The highest BCUT2D eigenvalue weighted by Gasteiger charge is 2.19. The molecule has 1 aromatic heterocycles. The molecular weight excluding hydrogens is 310 g/mol. The van der Waals surface area contributed by atoms with Crippen molar-refractivity contribution in [3.63, 3.8) is 0 Å². The quantitative estimate of drug-likeness (QED) is 0.856. The maximum atomic E-state index is 12.4. The third-order valence-electron chi connectivity index (χ3n) is 2.92. The normalized spacial score (nSPS) is 11.3.